The van der Waals surface area contributed by atoms with Gasteiger partial charge in [0, 0.05) is 23.5 Å². The van der Waals surface area contributed by atoms with Crippen LogP contribution in [0.1, 0.15) is 5.56 Å². The standard InChI is InChI=1S/C23H17N3O/c27-23-19-11-5-7-13-21(19)25(15-17-8-2-1-3-9-17)16-22(23)26-20-12-6-4-10-18(20)14-24-26/h1-14,16H,15H2. The van der Waals surface area contributed by atoms with Crippen LogP contribution in [0.2, 0.25) is 0 Å². The van der Waals surface area contributed by atoms with Gasteiger partial charge < -0.3 is 4.57 Å². The van der Waals surface area contributed by atoms with Gasteiger partial charge in [-0.15, -0.1) is 0 Å². The van der Waals surface area contributed by atoms with Crippen LogP contribution in [-0.2, 0) is 6.54 Å². The monoisotopic (exact) mass is 351 g/mol. The van der Waals surface area contributed by atoms with Crippen LogP contribution in [0.5, 0.6) is 0 Å². The summed E-state index contributed by atoms with van der Waals surface area (Å²) in [4.78, 5) is 13.2. The molecule has 2 aromatic heterocycles. The predicted octanol–water partition coefficient (Wildman–Crippen LogP) is 4.39. The average molecular weight is 351 g/mol. The molecule has 0 saturated carbocycles. The van der Waals surface area contributed by atoms with E-state index in [0.717, 1.165) is 16.4 Å². The SMILES string of the molecule is O=c1c(-n2ncc3ccccc32)cn(Cc2ccccc2)c2ccccc12. The molecular weight excluding hydrogens is 334 g/mol. The van der Waals surface area contributed by atoms with Crippen molar-refractivity contribution in [2.24, 2.45) is 0 Å². The lowest BCUT2D eigenvalue weighted by Gasteiger charge is -2.14. The number of nitrogens with zero attached hydrogens (tertiary/aromatic N) is 3. The van der Waals surface area contributed by atoms with Crippen LogP contribution in [0.25, 0.3) is 27.5 Å². The van der Waals surface area contributed by atoms with E-state index in [2.05, 4.69) is 21.8 Å². The molecule has 5 rings (SSSR count). The summed E-state index contributed by atoms with van der Waals surface area (Å²) in [5, 5.41) is 6.20. The third kappa shape index (κ3) is 2.62. The number of para-hydroxylation sites is 2. The Kier molecular flexibility index (Phi) is 3.61. The maximum Gasteiger partial charge on any atom is 0.215 e. The summed E-state index contributed by atoms with van der Waals surface area (Å²) in [6.07, 6.45) is 3.71. The second-order valence-corrected chi connectivity index (χ2v) is 6.59. The van der Waals surface area contributed by atoms with Crippen molar-refractivity contribution in [2.45, 2.75) is 6.54 Å². The minimum Gasteiger partial charge on any atom is -0.341 e. The van der Waals surface area contributed by atoms with E-state index in [1.807, 2.05) is 72.9 Å². The molecule has 0 spiro atoms. The summed E-state index contributed by atoms with van der Waals surface area (Å²) in [6.45, 7) is 0.688. The molecule has 0 aliphatic rings. The van der Waals surface area contributed by atoms with Gasteiger partial charge in [0.15, 0.2) is 0 Å². The van der Waals surface area contributed by atoms with E-state index >= 15 is 0 Å². The van der Waals surface area contributed by atoms with E-state index in [9.17, 15) is 4.79 Å². The number of pyridine rings is 1. The molecule has 0 N–H and O–H groups in total. The third-order valence-electron chi connectivity index (χ3n) is 4.87. The van der Waals surface area contributed by atoms with Gasteiger partial charge in [-0.2, -0.15) is 5.10 Å². The zero-order chi connectivity index (χ0) is 18.2. The van der Waals surface area contributed by atoms with E-state index in [1.54, 1.807) is 10.9 Å². The van der Waals surface area contributed by atoms with Gasteiger partial charge in [0.1, 0.15) is 5.69 Å². The summed E-state index contributed by atoms with van der Waals surface area (Å²) in [5.41, 5.74) is 3.58. The lowest BCUT2D eigenvalue weighted by molar-refractivity contribution is 0.801. The summed E-state index contributed by atoms with van der Waals surface area (Å²) >= 11 is 0. The van der Waals surface area contributed by atoms with Gasteiger partial charge in [0.2, 0.25) is 5.43 Å². The van der Waals surface area contributed by atoms with E-state index in [-0.39, 0.29) is 5.43 Å². The van der Waals surface area contributed by atoms with Crippen molar-refractivity contribution < 1.29 is 0 Å². The molecule has 4 heteroatoms. The molecule has 0 saturated heterocycles. The molecule has 0 unspecified atom stereocenters. The fraction of sp³-hybridized carbons (Fsp3) is 0.0435. The molecule has 5 aromatic rings. The largest absolute Gasteiger partial charge is 0.341 e. The van der Waals surface area contributed by atoms with Crippen molar-refractivity contribution in [2.75, 3.05) is 0 Å². The Hall–Kier alpha value is -3.66. The van der Waals surface area contributed by atoms with Crippen LogP contribution < -0.4 is 5.43 Å². The minimum atomic E-state index is -0.0104. The first-order chi connectivity index (χ1) is 13.3. The van der Waals surface area contributed by atoms with Crippen molar-refractivity contribution >= 4 is 21.8 Å². The van der Waals surface area contributed by atoms with Gasteiger partial charge in [0.05, 0.1) is 17.2 Å². The highest BCUT2D eigenvalue weighted by Crippen LogP contribution is 2.19. The molecule has 130 valence electrons. The normalized spacial score (nSPS) is 11.3. The van der Waals surface area contributed by atoms with Crippen molar-refractivity contribution in [1.82, 2.24) is 14.3 Å². The van der Waals surface area contributed by atoms with Crippen molar-refractivity contribution in [3.63, 3.8) is 0 Å². The number of fused-ring (bicyclic) bond motifs is 2. The average Bonchev–Trinajstić information content (AvgIpc) is 3.15. The first-order valence-corrected chi connectivity index (χ1v) is 8.90. The number of benzene rings is 3. The first kappa shape index (κ1) is 15.6. The van der Waals surface area contributed by atoms with Crippen LogP contribution in [0, 0.1) is 0 Å². The Bertz CT molecular complexity index is 1320. The first-order valence-electron chi connectivity index (χ1n) is 8.90. The summed E-state index contributed by atoms with van der Waals surface area (Å²) in [5.74, 6) is 0. The lowest BCUT2D eigenvalue weighted by atomic mass is 10.1. The predicted molar refractivity (Wildman–Crippen MR) is 108 cm³/mol. The fourth-order valence-electron chi connectivity index (χ4n) is 3.56. The molecule has 0 radical (unpaired) electrons. The van der Waals surface area contributed by atoms with Gasteiger partial charge in [0.25, 0.3) is 0 Å². The summed E-state index contributed by atoms with van der Waals surface area (Å²) in [7, 11) is 0. The van der Waals surface area contributed by atoms with Crippen LogP contribution in [0.4, 0.5) is 0 Å². The molecule has 2 heterocycles. The van der Waals surface area contributed by atoms with E-state index < -0.39 is 0 Å². The Morgan fingerprint density at radius 2 is 1.48 bits per heavy atom. The van der Waals surface area contributed by atoms with Gasteiger partial charge >= 0.3 is 0 Å². The zero-order valence-electron chi connectivity index (χ0n) is 14.6. The van der Waals surface area contributed by atoms with E-state index in [4.69, 9.17) is 0 Å². The quantitative estimate of drug-likeness (QED) is 0.484. The van der Waals surface area contributed by atoms with Crippen LogP contribution >= 0.6 is 0 Å². The van der Waals surface area contributed by atoms with Crippen molar-refractivity contribution in [3.8, 4) is 5.69 Å². The highest BCUT2D eigenvalue weighted by atomic mass is 16.1. The number of rotatable bonds is 3. The molecular formula is C23H17N3O. The molecule has 0 aliphatic carbocycles. The lowest BCUT2D eigenvalue weighted by Crippen LogP contribution is -2.17. The molecule has 0 atom stereocenters. The number of aromatic nitrogens is 3. The van der Waals surface area contributed by atoms with Crippen LogP contribution in [0.15, 0.2) is 96.1 Å². The Morgan fingerprint density at radius 1 is 0.778 bits per heavy atom. The maximum atomic E-state index is 13.2. The molecule has 0 aliphatic heterocycles. The number of hydrogen-bond donors (Lipinski definition) is 0. The van der Waals surface area contributed by atoms with Crippen LogP contribution in [-0.4, -0.2) is 14.3 Å². The molecule has 0 bridgehead atoms. The highest BCUT2D eigenvalue weighted by Gasteiger charge is 2.13. The second-order valence-electron chi connectivity index (χ2n) is 6.59. The fourth-order valence-corrected chi connectivity index (χ4v) is 3.56. The minimum absolute atomic E-state index is 0.0104. The highest BCUT2D eigenvalue weighted by molar-refractivity contribution is 5.83. The Balaban J connectivity index is 1.78. The van der Waals surface area contributed by atoms with E-state index in [1.165, 1.54) is 5.56 Å². The van der Waals surface area contributed by atoms with Gasteiger partial charge in [-0.25, -0.2) is 4.68 Å². The summed E-state index contributed by atoms with van der Waals surface area (Å²) in [6, 6.07) is 25.9. The Morgan fingerprint density at radius 3 is 2.33 bits per heavy atom. The molecule has 27 heavy (non-hydrogen) atoms. The van der Waals surface area contributed by atoms with Crippen molar-refractivity contribution in [1.29, 1.82) is 0 Å². The van der Waals surface area contributed by atoms with Gasteiger partial charge in [-0.05, 0) is 23.8 Å². The van der Waals surface area contributed by atoms with Crippen molar-refractivity contribution in [3.05, 3.63) is 107 Å². The summed E-state index contributed by atoms with van der Waals surface area (Å²) < 4.78 is 3.86. The molecule has 3 aromatic carbocycles. The molecule has 4 nitrogen and oxygen atoms in total. The smallest absolute Gasteiger partial charge is 0.215 e. The Labute approximate surface area is 155 Å². The van der Waals surface area contributed by atoms with Gasteiger partial charge in [-0.3, -0.25) is 4.79 Å². The maximum absolute atomic E-state index is 13.2. The number of hydrogen-bond acceptors (Lipinski definition) is 2. The third-order valence-corrected chi connectivity index (χ3v) is 4.87. The van der Waals surface area contributed by atoms with Crippen LogP contribution in [0.3, 0.4) is 0 Å². The molecule has 0 fully saturated rings. The topological polar surface area (TPSA) is 39.8 Å². The second kappa shape index (κ2) is 6.25. The van der Waals surface area contributed by atoms with E-state index in [0.29, 0.717) is 17.6 Å². The zero-order valence-corrected chi connectivity index (χ0v) is 14.6. The van der Waals surface area contributed by atoms with Gasteiger partial charge in [-0.1, -0.05) is 60.7 Å². The molecule has 0 amide bonds.